The van der Waals surface area contributed by atoms with Crippen LogP contribution in [0.1, 0.15) is 154 Å². The van der Waals surface area contributed by atoms with Crippen molar-refractivity contribution in [3.05, 3.63) is 42.1 Å². The summed E-state index contributed by atoms with van der Waals surface area (Å²) >= 11 is 0. The van der Waals surface area contributed by atoms with E-state index in [4.69, 9.17) is 9.98 Å². The van der Waals surface area contributed by atoms with Crippen molar-refractivity contribution in [3.63, 3.8) is 0 Å². The molecular formula is C35H59N2+. The average molecular weight is 508 g/mol. The van der Waals surface area contributed by atoms with Crippen LogP contribution in [-0.2, 0) is 6.42 Å². The molecule has 1 aliphatic heterocycles. The highest BCUT2D eigenvalue weighted by Gasteiger charge is 2.35. The Morgan fingerprint density at radius 1 is 0.541 bits per heavy atom. The minimum atomic E-state index is 0.499. The molecule has 37 heavy (non-hydrogen) atoms. The molecule has 0 radical (unpaired) electrons. The van der Waals surface area contributed by atoms with Crippen molar-refractivity contribution in [2.24, 2.45) is 21.8 Å². The second-order valence-corrected chi connectivity index (χ2v) is 11.6. The molecule has 0 amide bonds. The molecule has 0 bridgehead atoms. The summed E-state index contributed by atoms with van der Waals surface area (Å²) in [7, 11) is 0. The van der Waals surface area contributed by atoms with Gasteiger partial charge >= 0.3 is 0 Å². The number of nitrogens with zero attached hydrogens (tertiary/aromatic N) is 2. The third-order valence-electron chi connectivity index (χ3n) is 8.27. The molecule has 2 nitrogen and oxygen atoms in total. The normalized spacial score (nSPS) is 14.5. The Morgan fingerprint density at radius 2 is 0.973 bits per heavy atom. The van der Waals surface area contributed by atoms with E-state index < -0.39 is 0 Å². The Hall–Kier alpha value is -1.57. The molecule has 2 rings (SSSR count). The number of unbranched alkanes of at least 4 members (excludes halogenated alkanes) is 17. The van der Waals surface area contributed by atoms with E-state index in [1.54, 1.807) is 0 Å². The highest BCUT2D eigenvalue weighted by molar-refractivity contribution is 6.18. The first-order valence-electron chi connectivity index (χ1n) is 16.3. The van der Waals surface area contributed by atoms with Crippen molar-refractivity contribution in [2.45, 2.75) is 155 Å². The first kappa shape index (κ1) is 31.6. The molecule has 0 aliphatic carbocycles. The zero-order chi connectivity index (χ0) is 26.2. The van der Waals surface area contributed by atoms with Crippen LogP contribution in [0.25, 0.3) is 0 Å². The lowest BCUT2D eigenvalue weighted by Crippen LogP contribution is -2.22. The van der Waals surface area contributed by atoms with Crippen molar-refractivity contribution in [3.8, 4) is 0 Å². The molecule has 1 aromatic carbocycles. The molecule has 0 spiro atoms. The Kier molecular flexibility index (Phi) is 19.2. The largest absolute Gasteiger partial charge is 0.244 e. The van der Waals surface area contributed by atoms with Crippen LogP contribution in [0.2, 0.25) is 0 Å². The molecule has 0 saturated heterocycles. The summed E-state index contributed by atoms with van der Waals surface area (Å²) in [5, 5.41) is 0. The fourth-order valence-corrected chi connectivity index (χ4v) is 5.95. The van der Waals surface area contributed by atoms with E-state index in [2.05, 4.69) is 44.2 Å². The molecule has 1 heterocycles. The van der Waals surface area contributed by atoms with E-state index in [-0.39, 0.29) is 0 Å². The summed E-state index contributed by atoms with van der Waals surface area (Å²) in [6, 6.07) is 11.1. The van der Waals surface area contributed by atoms with Gasteiger partial charge in [-0.25, -0.2) is 0 Å². The highest BCUT2D eigenvalue weighted by Crippen LogP contribution is 2.37. The summed E-state index contributed by atoms with van der Waals surface area (Å²) in [4.78, 5) is 9.40. The summed E-state index contributed by atoms with van der Waals surface area (Å²) < 4.78 is 0. The van der Waals surface area contributed by atoms with Gasteiger partial charge in [0.2, 0.25) is 6.17 Å². The molecule has 208 valence electrons. The van der Waals surface area contributed by atoms with Crippen molar-refractivity contribution < 1.29 is 0 Å². The van der Waals surface area contributed by atoms with Gasteiger partial charge in [-0.3, -0.25) is 0 Å². The van der Waals surface area contributed by atoms with E-state index in [1.165, 1.54) is 140 Å². The lowest BCUT2D eigenvalue weighted by Gasteiger charge is -2.26. The third-order valence-corrected chi connectivity index (χ3v) is 8.27. The monoisotopic (exact) mass is 507 g/mol. The molecule has 0 aromatic heterocycles. The Balaban J connectivity index is 1.65. The van der Waals surface area contributed by atoms with Gasteiger partial charge in [0.15, 0.2) is 12.4 Å². The second-order valence-electron chi connectivity index (χ2n) is 11.6. The smallest absolute Gasteiger partial charge is 0.0965 e. The first-order chi connectivity index (χ1) is 18.3. The SMILES string of the molecule is CCCCCCCCCCCCCCCCCC([C+]1N=CC=N1)C(CCCCCC)Cc1ccccc1. The lowest BCUT2D eigenvalue weighted by molar-refractivity contribution is 0.284. The predicted molar refractivity (Wildman–Crippen MR) is 166 cm³/mol. The van der Waals surface area contributed by atoms with Crippen LogP contribution in [0, 0.1) is 18.0 Å². The van der Waals surface area contributed by atoms with Crippen molar-refractivity contribution in [2.75, 3.05) is 0 Å². The van der Waals surface area contributed by atoms with Gasteiger partial charge in [0.25, 0.3) is 0 Å². The number of hydrogen-bond acceptors (Lipinski definition) is 2. The number of benzene rings is 1. The maximum atomic E-state index is 4.70. The first-order valence-corrected chi connectivity index (χ1v) is 16.3. The molecule has 0 saturated carbocycles. The van der Waals surface area contributed by atoms with Crippen LogP contribution in [0.3, 0.4) is 0 Å². The zero-order valence-electron chi connectivity index (χ0n) is 24.6. The summed E-state index contributed by atoms with van der Waals surface area (Å²) in [5.41, 5.74) is 1.47. The van der Waals surface area contributed by atoms with Crippen molar-refractivity contribution >= 4 is 12.4 Å². The Labute approximate surface area is 231 Å². The second kappa shape index (κ2) is 22.4. The van der Waals surface area contributed by atoms with Gasteiger partial charge in [0, 0.05) is 0 Å². The number of hydrogen-bond donors (Lipinski definition) is 0. The summed E-state index contributed by atoms with van der Waals surface area (Å²) in [6.07, 6.45) is 35.3. The topological polar surface area (TPSA) is 24.7 Å². The van der Waals surface area contributed by atoms with Crippen LogP contribution in [0.4, 0.5) is 0 Å². The number of rotatable bonds is 25. The molecule has 2 unspecified atom stereocenters. The van der Waals surface area contributed by atoms with Gasteiger partial charge in [0.1, 0.15) is 0 Å². The minimum absolute atomic E-state index is 0.499. The fourth-order valence-electron chi connectivity index (χ4n) is 5.95. The van der Waals surface area contributed by atoms with Gasteiger partial charge in [-0.2, -0.15) is 0 Å². The van der Waals surface area contributed by atoms with Crippen LogP contribution in [0.15, 0.2) is 40.3 Å². The molecule has 0 N–H and O–H groups in total. The van der Waals surface area contributed by atoms with E-state index in [0.717, 1.165) is 12.6 Å². The molecule has 1 aliphatic rings. The fraction of sp³-hybridized carbons (Fsp3) is 0.743. The molecular weight excluding hydrogens is 448 g/mol. The van der Waals surface area contributed by atoms with Crippen LogP contribution in [-0.4, -0.2) is 12.4 Å². The average Bonchev–Trinajstić information content (AvgIpc) is 3.46. The van der Waals surface area contributed by atoms with Crippen LogP contribution in [0.5, 0.6) is 0 Å². The van der Waals surface area contributed by atoms with Crippen LogP contribution >= 0.6 is 0 Å². The highest BCUT2D eigenvalue weighted by atomic mass is 15.0. The third kappa shape index (κ3) is 15.4. The summed E-state index contributed by atoms with van der Waals surface area (Å²) in [5.74, 6) is 1.15. The van der Waals surface area contributed by atoms with Gasteiger partial charge in [-0.15, -0.1) is 0 Å². The minimum Gasteiger partial charge on any atom is -0.0965 e. The van der Waals surface area contributed by atoms with E-state index in [9.17, 15) is 0 Å². The lowest BCUT2D eigenvalue weighted by atomic mass is 9.78. The van der Waals surface area contributed by atoms with Crippen molar-refractivity contribution in [1.29, 1.82) is 0 Å². The van der Waals surface area contributed by atoms with Crippen molar-refractivity contribution in [1.82, 2.24) is 0 Å². The standard InChI is InChI=1S/C35H59N2/c1-3-5-7-9-10-11-12-13-14-15-16-17-18-19-24-28-34(35-36-29-30-37-35)33(27-23-8-6-4-2)31-32-25-21-20-22-26-32/h20-22,25-26,29-30,33-34H,3-19,23-24,27-28,31H2,1-2H3/q+1. The maximum absolute atomic E-state index is 4.70. The van der Waals surface area contributed by atoms with E-state index >= 15 is 0 Å². The van der Waals surface area contributed by atoms with Gasteiger partial charge in [-0.05, 0) is 30.7 Å². The molecule has 0 fully saturated rings. The quantitative estimate of drug-likeness (QED) is 0.0928. The Morgan fingerprint density at radius 3 is 1.49 bits per heavy atom. The summed E-state index contributed by atoms with van der Waals surface area (Å²) in [6.45, 7) is 4.61. The van der Waals surface area contributed by atoms with Gasteiger partial charge in [-0.1, -0.05) is 176 Å². The zero-order valence-corrected chi connectivity index (χ0v) is 24.6. The molecule has 1 aromatic rings. The molecule has 2 heteroatoms. The van der Waals surface area contributed by atoms with Gasteiger partial charge < -0.3 is 0 Å². The van der Waals surface area contributed by atoms with E-state index in [0.29, 0.717) is 11.8 Å². The molecule has 2 atom stereocenters. The van der Waals surface area contributed by atoms with E-state index in [1.807, 2.05) is 12.4 Å². The maximum Gasteiger partial charge on any atom is 0.244 e. The Bertz CT molecular complexity index is 668. The number of aliphatic imine (C=N–C) groups is 2. The van der Waals surface area contributed by atoms with Crippen LogP contribution < -0.4 is 0 Å². The predicted octanol–water partition coefficient (Wildman–Crippen LogP) is 11.3. The van der Waals surface area contributed by atoms with Gasteiger partial charge in [0.05, 0.1) is 5.92 Å².